The zero-order chi connectivity index (χ0) is 18.2. The summed E-state index contributed by atoms with van der Waals surface area (Å²) in [6.07, 6.45) is 7.57. The van der Waals surface area contributed by atoms with Crippen molar-refractivity contribution in [2.24, 2.45) is 17.6 Å². The van der Waals surface area contributed by atoms with Gasteiger partial charge in [0.25, 0.3) is 0 Å². The van der Waals surface area contributed by atoms with E-state index in [9.17, 15) is 9.59 Å². The minimum atomic E-state index is 0.172. The highest BCUT2D eigenvalue weighted by Crippen LogP contribution is 2.30. The Kier molecular flexibility index (Phi) is 7.63. The number of rotatable bonds is 8. The van der Waals surface area contributed by atoms with Crippen molar-refractivity contribution in [2.45, 2.75) is 51.4 Å². The Labute approximate surface area is 151 Å². The fourth-order valence-corrected chi connectivity index (χ4v) is 3.56. The maximum Gasteiger partial charge on any atom is 0.222 e. The Morgan fingerprint density at radius 1 is 1.04 bits per heavy atom. The molecule has 1 amide bonds. The van der Waals surface area contributed by atoms with Crippen molar-refractivity contribution in [3.8, 4) is 0 Å². The summed E-state index contributed by atoms with van der Waals surface area (Å²) in [7, 11) is 3.58. The highest BCUT2D eigenvalue weighted by Gasteiger charge is 2.26. The number of nitrogens with two attached hydrogens (primary N) is 1. The van der Waals surface area contributed by atoms with Crippen LogP contribution in [0.4, 0.5) is 0 Å². The lowest BCUT2D eigenvalue weighted by Gasteiger charge is -2.26. The number of ketones is 1. The standard InChI is InChI=1S/C21H32N2O2/c1-23(2)20(24)6-4-3-5-16-7-11-18(12-8-16)21(25)19-13-9-17(15-22)10-14-19/h7-8,11-12,17,19H,3-6,9-10,13-15,22H2,1-2H3. The third kappa shape index (κ3) is 5.96. The highest BCUT2D eigenvalue weighted by molar-refractivity contribution is 5.97. The molecule has 4 heteroatoms. The van der Waals surface area contributed by atoms with E-state index in [0.717, 1.165) is 57.1 Å². The van der Waals surface area contributed by atoms with Gasteiger partial charge in [-0.3, -0.25) is 9.59 Å². The normalized spacial score (nSPS) is 20.3. The zero-order valence-electron chi connectivity index (χ0n) is 15.7. The van der Waals surface area contributed by atoms with E-state index in [-0.39, 0.29) is 11.8 Å². The third-order valence-electron chi connectivity index (χ3n) is 5.39. The average molecular weight is 344 g/mol. The van der Waals surface area contributed by atoms with Crippen LogP contribution in [0.25, 0.3) is 0 Å². The molecule has 4 nitrogen and oxygen atoms in total. The molecular weight excluding hydrogens is 312 g/mol. The van der Waals surface area contributed by atoms with Crippen LogP contribution >= 0.6 is 0 Å². The van der Waals surface area contributed by atoms with E-state index in [4.69, 9.17) is 5.73 Å². The lowest BCUT2D eigenvalue weighted by molar-refractivity contribution is -0.128. The molecule has 2 N–H and O–H groups in total. The fourth-order valence-electron chi connectivity index (χ4n) is 3.56. The lowest BCUT2D eigenvalue weighted by Crippen LogP contribution is -2.25. The molecule has 1 aromatic rings. The molecule has 0 heterocycles. The molecule has 1 aromatic carbocycles. The first kappa shape index (κ1) is 19.6. The van der Waals surface area contributed by atoms with Gasteiger partial charge >= 0.3 is 0 Å². The first-order valence-electron chi connectivity index (χ1n) is 9.54. The summed E-state index contributed by atoms with van der Waals surface area (Å²) in [6.45, 7) is 0.746. The Morgan fingerprint density at radius 2 is 1.68 bits per heavy atom. The van der Waals surface area contributed by atoms with Gasteiger partial charge in [-0.2, -0.15) is 0 Å². The van der Waals surface area contributed by atoms with Crippen LogP contribution < -0.4 is 5.73 Å². The van der Waals surface area contributed by atoms with Gasteiger partial charge in [-0.1, -0.05) is 24.3 Å². The minimum absolute atomic E-state index is 0.172. The molecule has 1 saturated carbocycles. The first-order valence-corrected chi connectivity index (χ1v) is 9.54. The highest BCUT2D eigenvalue weighted by atomic mass is 16.2. The quantitative estimate of drug-likeness (QED) is 0.580. The van der Waals surface area contributed by atoms with Gasteiger partial charge in [0.15, 0.2) is 5.78 Å². The predicted molar refractivity (Wildman–Crippen MR) is 102 cm³/mol. The van der Waals surface area contributed by atoms with E-state index >= 15 is 0 Å². The molecule has 0 atom stereocenters. The summed E-state index contributed by atoms with van der Waals surface area (Å²) in [4.78, 5) is 25.8. The number of unbranched alkanes of at least 4 members (excludes halogenated alkanes) is 1. The van der Waals surface area contributed by atoms with Gasteiger partial charge in [0.1, 0.15) is 0 Å². The number of aryl methyl sites for hydroxylation is 1. The number of nitrogens with zero attached hydrogens (tertiary/aromatic N) is 1. The summed E-state index contributed by atoms with van der Waals surface area (Å²) >= 11 is 0. The molecule has 0 spiro atoms. The second-order valence-electron chi connectivity index (χ2n) is 7.51. The number of carbonyl (C=O) groups is 2. The van der Waals surface area contributed by atoms with Crippen molar-refractivity contribution in [1.29, 1.82) is 0 Å². The van der Waals surface area contributed by atoms with Gasteiger partial charge < -0.3 is 10.6 Å². The number of hydrogen-bond acceptors (Lipinski definition) is 3. The molecule has 138 valence electrons. The summed E-state index contributed by atoms with van der Waals surface area (Å²) in [6, 6.07) is 8.06. The number of hydrogen-bond donors (Lipinski definition) is 1. The van der Waals surface area contributed by atoms with Crippen molar-refractivity contribution in [2.75, 3.05) is 20.6 Å². The van der Waals surface area contributed by atoms with E-state index in [1.165, 1.54) is 5.56 Å². The van der Waals surface area contributed by atoms with Crippen LogP contribution in [0.5, 0.6) is 0 Å². The average Bonchev–Trinajstić information content (AvgIpc) is 2.65. The molecule has 0 aromatic heterocycles. The molecular formula is C21H32N2O2. The summed E-state index contributed by atoms with van der Waals surface area (Å²) in [5, 5.41) is 0. The molecule has 0 unspecified atom stereocenters. The van der Waals surface area contributed by atoms with Crippen LogP contribution in [0.1, 0.15) is 60.9 Å². The maximum absolute atomic E-state index is 12.6. The van der Waals surface area contributed by atoms with Crippen molar-refractivity contribution < 1.29 is 9.59 Å². The number of amides is 1. The van der Waals surface area contributed by atoms with Crippen molar-refractivity contribution in [3.63, 3.8) is 0 Å². The first-order chi connectivity index (χ1) is 12.0. The topological polar surface area (TPSA) is 63.4 Å². The Hall–Kier alpha value is -1.68. The zero-order valence-corrected chi connectivity index (χ0v) is 15.7. The Balaban J connectivity index is 1.77. The largest absolute Gasteiger partial charge is 0.349 e. The van der Waals surface area contributed by atoms with Crippen LogP contribution in [0.3, 0.4) is 0 Å². The van der Waals surface area contributed by atoms with Gasteiger partial charge in [0.2, 0.25) is 5.91 Å². The van der Waals surface area contributed by atoms with Crippen LogP contribution in [-0.4, -0.2) is 37.2 Å². The smallest absolute Gasteiger partial charge is 0.222 e. The third-order valence-corrected chi connectivity index (χ3v) is 5.39. The molecule has 25 heavy (non-hydrogen) atoms. The van der Waals surface area contributed by atoms with Crippen molar-refractivity contribution in [1.82, 2.24) is 4.90 Å². The predicted octanol–water partition coefficient (Wildman–Crippen LogP) is 3.44. The molecule has 0 radical (unpaired) electrons. The second-order valence-corrected chi connectivity index (χ2v) is 7.51. The van der Waals surface area contributed by atoms with E-state index in [0.29, 0.717) is 18.1 Å². The molecule has 0 bridgehead atoms. The van der Waals surface area contributed by atoms with Crippen LogP contribution in [0, 0.1) is 11.8 Å². The Bertz CT molecular complexity index is 558. The summed E-state index contributed by atoms with van der Waals surface area (Å²) in [5.74, 6) is 1.25. The second kappa shape index (κ2) is 9.71. The van der Waals surface area contributed by atoms with E-state index in [1.54, 1.807) is 19.0 Å². The number of Topliss-reactive ketones (excluding diaryl/α,β-unsaturated/α-hetero) is 1. The lowest BCUT2D eigenvalue weighted by atomic mass is 9.78. The molecule has 2 rings (SSSR count). The number of carbonyl (C=O) groups excluding carboxylic acids is 2. The van der Waals surface area contributed by atoms with Gasteiger partial charge in [0, 0.05) is 32.0 Å². The fraction of sp³-hybridized carbons (Fsp3) is 0.619. The van der Waals surface area contributed by atoms with E-state index in [2.05, 4.69) is 12.1 Å². The molecule has 0 aliphatic heterocycles. The van der Waals surface area contributed by atoms with Crippen LogP contribution in [0.2, 0.25) is 0 Å². The minimum Gasteiger partial charge on any atom is -0.349 e. The SMILES string of the molecule is CN(C)C(=O)CCCCc1ccc(C(=O)C2CCC(CN)CC2)cc1. The van der Waals surface area contributed by atoms with Gasteiger partial charge in [-0.25, -0.2) is 0 Å². The van der Waals surface area contributed by atoms with Crippen LogP contribution in [0.15, 0.2) is 24.3 Å². The van der Waals surface area contributed by atoms with Gasteiger partial charge in [0.05, 0.1) is 0 Å². The van der Waals surface area contributed by atoms with Gasteiger partial charge in [-0.05, 0) is 63.0 Å². The molecule has 1 fully saturated rings. The maximum atomic E-state index is 12.6. The van der Waals surface area contributed by atoms with Crippen molar-refractivity contribution >= 4 is 11.7 Å². The monoisotopic (exact) mass is 344 g/mol. The van der Waals surface area contributed by atoms with Crippen molar-refractivity contribution in [3.05, 3.63) is 35.4 Å². The van der Waals surface area contributed by atoms with E-state index < -0.39 is 0 Å². The van der Waals surface area contributed by atoms with E-state index in [1.807, 2.05) is 12.1 Å². The van der Waals surface area contributed by atoms with Gasteiger partial charge in [-0.15, -0.1) is 0 Å². The Morgan fingerprint density at radius 3 is 2.24 bits per heavy atom. The number of benzene rings is 1. The molecule has 1 aliphatic carbocycles. The summed E-state index contributed by atoms with van der Waals surface area (Å²) < 4.78 is 0. The molecule has 1 aliphatic rings. The molecule has 0 saturated heterocycles. The summed E-state index contributed by atoms with van der Waals surface area (Å²) in [5.41, 5.74) is 7.80. The van der Waals surface area contributed by atoms with Crippen LogP contribution in [-0.2, 0) is 11.2 Å².